The van der Waals surface area contributed by atoms with Crippen molar-refractivity contribution in [3.05, 3.63) is 71.8 Å². The highest BCUT2D eigenvalue weighted by atomic mass is 16.3. The summed E-state index contributed by atoms with van der Waals surface area (Å²) in [5.41, 5.74) is 6.57. The molecule has 4 aromatic rings. The Bertz CT molecular complexity index is 961. The average Bonchev–Trinajstić information content (AvgIpc) is 2.90. The van der Waals surface area contributed by atoms with E-state index in [2.05, 4.69) is 49.5 Å². The van der Waals surface area contributed by atoms with E-state index in [9.17, 15) is 0 Å². The summed E-state index contributed by atoms with van der Waals surface area (Å²) in [6.07, 6.45) is 0. The number of aryl methyl sites for hydroxylation is 2. The number of furan rings is 1. The molecule has 22 heavy (non-hydrogen) atoms. The van der Waals surface area contributed by atoms with Gasteiger partial charge >= 0.3 is 0 Å². The van der Waals surface area contributed by atoms with Crippen molar-refractivity contribution in [2.45, 2.75) is 13.8 Å². The van der Waals surface area contributed by atoms with E-state index in [4.69, 9.17) is 4.42 Å². The van der Waals surface area contributed by atoms with E-state index >= 15 is 0 Å². The molecule has 0 atom stereocenters. The fourth-order valence-electron chi connectivity index (χ4n) is 3.03. The van der Waals surface area contributed by atoms with E-state index in [1.165, 1.54) is 16.8 Å². The van der Waals surface area contributed by atoms with E-state index in [-0.39, 0.29) is 0 Å². The van der Waals surface area contributed by atoms with E-state index in [1.807, 2.05) is 30.3 Å². The molecule has 0 aliphatic carbocycles. The zero-order chi connectivity index (χ0) is 15.1. The molecule has 1 heterocycles. The SMILES string of the molecule is Cc1cccc(C)c1Nc1cccc2oc3ccccc3c12. The molecule has 0 unspecified atom stereocenters. The van der Waals surface area contributed by atoms with Crippen LogP contribution in [0.1, 0.15) is 11.1 Å². The highest BCUT2D eigenvalue weighted by molar-refractivity contribution is 6.12. The zero-order valence-electron chi connectivity index (χ0n) is 12.7. The first-order valence-corrected chi connectivity index (χ1v) is 7.47. The lowest BCUT2D eigenvalue weighted by atomic mass is 10.1. The van der Waals surface area contributed by atoms with Gasteiger partial charge in [-0.3, -0.25) is 0 Å². The lowest BCUT2D eigenvalue weighted by Gasteiger charge is -2.13. The Morgan fingerprint density at radius 3 is 2.23 bits per heavy atom. The summed E-state index contributed by atoms with van der Waals surface area (Å²) in [5.74, 6) is 0. The minimum atomic E-state index is 0.914. The van der Waals surface area contributed by atoms with E-state index < -0.39 is 0 Å². The Hall–Kier alpha value is -2.74. The van der Waals surface area contributed by atoms with Crippen molar-refractivity contribution in [3.8, 4) is 0 Å². The molecule has 4 rings (SSSR count). The third kappa shape index (κ3) is 1.96. The fourth-order valence-corrected chi connectivity index (χ4v) is 3.03. The summed E-state index contributed by atoms with van der Waals surface area (Å²) < 4.78 is 5.95. The molecule has 3 aromatic carbocycles. The van der Waals surface area contributed by atoms with Crippen molar-refractivity contribution >= 4 is 33.3 Å². The molecule has 108 valence electrons. The number of anilines is 2. The monoisotopic (exact) mass is 287 g/mol. The van der Waals surface area contributed by atoms with E-state index in [1.54, 1.807) is 0 Å². The minimum Gasteiger partial charge on any atom is -0.456 e. The van der Waals surface area contributed by atoms with Crippen molar-refractivity contribution in [2.75, 3.05) is 5.32 Å². The number of hydrogen-bond donors (Lipinski definition) is 1. The van der Waals surface area contributed by atoms with Crippen molar-refractivity contribution in [2.24, 2.45) is 0 Å². The Morgan fingerprint density at radius 1 is 0.727 bits per heavy atom. The minimum absolute atomic E-state index is 0.914. The second-order valence-corrected chi connectivity index (χ2v) is 5.67. The van der Waals surface area contributed by atoms with Crippen LogP contribution in [0.3, 0.4) is 0 Å². The van der Waals surface area contributed by atoms with Crippen LogP contribution in [-0.2, 0) is 0 Å². The van der Waals surface area contributed by atoms with Gasteiger partial charge in [0.2, 0.25) is 0 Å². The fraction of sp³-hybridized carbons (Fsp3) is 0.100. The lowest BCUT2D eigenvalue weighted by molar-refractivity contribution is 0.669. The zero-order valence-corrected chi connectivity index (χ0v) is 12.7. The second kappa shape index (κ2) is 4.92. The van der Waals surface area contributed by atoms with Crippen LogP contribution in [0.15, 0.2) is 65.1 Å². The summed E-state index contributed by atoms with van der Waals surface area (Å²) in [4.78, 5) is 0. The number of benzene rings is 3. The molecular weight excluding hydrogens is 270 g/mol. The topological polar surface area (TPSA) is 25.2 Å². The van der Waals surface area contributed by atoms with Gasteiger partial charge in [-0.15, -0.1) is 0 Å². The first kappa shape index (κ1) is 13.0. The quantitative estimate of drug-likeness (QED) is 0.493. The Kier molecular flexibility index (Phi) is 2.90. The maximum atomic E-state index is 5.95. The largest absolute Gasteiger partial charge is 0.456 e. The van der Waals surface area contributed by atoms with Gasteiger partial charge < -0.3 is 9.73 Å². The molecular formula is C20H17NO. The third-order valence-corrected chi connectivity index (χ3v) is 4.14. The second-order valence-electron chi connectivity index (χ2n) is 5.67. The molecule has 0 saturated carbocycles. The van der Waals surface area contributed by atoms with Crippen LogP contribution in [-0.4, -0.2) is 0 Å². The molecule has 2 heteroatoms. The Labute approximate surface area is 129 Å². The maximum absolute atomic E-state index is 5.95. The number of nitrogens with one attached hydrogen (secondary N) is 1. The third-order valence-electron chi connectivity index (χ3n) is 4.14. The molecule has 0 saturated heterocycles. The molecule has 0 fully saturated rings. The average molecular weight is 287 g/mol. The molecule has 0 spiro atoms. The molecule has 0 aliphatic rings. The van der Waals surface area contributed by atoms with Crippen LogP contribution in [0.2, 0.25) is 0 Å². The predicted molar refractivity (Wildman–Crippen MR) is 92.9 cm³/mol. The van der Waals surface area contributed by atoms with Gasteiger partial charge in [-0.25, -0.2) is 0 Å². The van der Waals surface area contributed by atoms with Gasteiger partial charge in [-0.05, 0) is 43.2 Å². The Morgan fingerprint density at radius 2 is 1.41 bits per heavy atom. The van der Waals surface area contributed by atoms with Crippen LogP contribution in [0.5, 0.6) is 0 Å². The summed E-state index contributed by atoms with van der Waals surface area (Å²) in [6, 6.07) is 20.7. The van der Waals surface area contributed by atoms with Crippen molar-refractivity contribution in [3.63, 3.8) is 0 Å². The smallest absolute Gasteiger partial charge is 0.137 e. The van der Waals surface area contributed by atoms with Gasteiger partial charge in [-0.1, -0.05) is 42.5 Å². The first-order chi connectivity index (χ1) is 10.7. The van der Waals surface area contributed by atoms with E-state index in [0.29, 0.717) is 0 Å². The summed E-state index contributed by atoms with van der Waals surface area (Å²) in [5, 5.41) is 5.89. The van der Waals surface area contributed by atoms with Crippen LogP contribution in [0.4, 0.5) is 11.4 Å². The van der Waals surface area contributed by atoms with Gasteiger partial charge in [-0.2, -0.15) is 0 Å². The van der Waals surface area contributed by atoms with Gasteiger partial charge in [0.1, 0.15) is 11.2 Å². The van der Waals surface area contributed by atoms with Gasteiger partial charge in [0.15, 0.2) is 0 Å². The first-order valence-electron chi connectivity index (χ1n) is 7.47. The molecule has 0 amide bonds. The highest BCUT2D eigenvalue weighted by Gasteiger charge is 2.11. The van der Waals surface area contributed by atoms with Crippen molar-refractivity contribution < 1.29 is 4.42 Å². The Balaban J connectivity index is 1.95. The van der Waals surface area contributed by atoms with Gasteiger partial charge in [0, 0.05) is 11.1 Å². The van der Waals surface area contributed by atoms with Crippen LogP contribution in [0.25, 0.3) is 21.9 Å². The van der Waals surface area contributed by atoms with Crippen LogP contribution in [0, 0.1) is 13.8 Å². The number of hydrogen-bond acceptors (Lipinski definition) is 2. The summed E-state index contributed by atoms with van der Waals surface area (Å²) >= 11 is 0. The molecule has 1 N–H and O–H groups in total. The maximum Gasteiger partial charge on any atom is 0.137 e. The molecule has 0 aliphatic heterocycles. The molecule has 1 aromatic heterocycles. The molecule has 2 nitrogen and oxygen atoms in total. The number of para-hydroxylation sites is 2. The van der Waals surface area contributed by atoms with Crippen LogP contribution < -0.4 is 5.32 Å². The standard InChI is InChI=1S/C20H17NO/c1-13-7-5-8-14(2)20(13)21-16-10-6-12-18-19(16)15-9-3-4-11-17(15)22-18/h3-12,21H,1-2H3. The molecule has 0 radical (unpaired) electrons. The number of fused-ring (bicyclic) bond motifs is 3. The molecule has 0 bridgehead atoms. The summed E-state index contributed by atoms with van der Waals surface area (Å²) in [6.45, 7) is 4.26. The summed E-state index contributed by atoms with van der Waals surface area (Å²) in [7, 11) is 0. The normalized spacial score (nSPS) is 11.2. The lowest BCUT2D eigenvalue weighted by Crippen LogP contribution is -1.96. The van der Waals surface area contributed by atoms with Crippen molar-refractivity contribution in [1.29, 1.82) is 0 Å². The van der Waals surface area contributed by atoms with Gasteiger partial charge in [0.05, 0.1) is 11.1 Å². The van der Waals surface area contributed by atoms with E-state index in [0.717, 1.165) is 27.6 Å². The van der Waals surface area contributed by atoms with Gasteiger partial charge in [0.25, 0.3) is 0 Å². The van der Waals surface area contributed by atoms with Crippen LogP contribution >= 0.6 is 0 Å². The number of rotatable bonds is 2. The predicted octanol–water partition coefficient (Wildman–Crippen LogP) is 5.95. The van der Waals surface area contributed by atoms with Crippen molar-refractivity contribution in [1.82, 2.24) is 0 Å². The highest BCUT2D eigenvalue weighted by Crippen LogP contribution is 2.36.